The van der Waals surface area contributed by atoms with Crippen LogP contribution in [0.25, 0.3) is 0 Å². The van der Waals surface area contributed by atoms with E-state index in [1.807, 2.05) is 0 Å². The Morgan fingerprint density at radius 3 is 2.50 bits per heavy atom. The molecule has 16 heavy (non-hydrogen) atoms. The number of hydrogen-bond donors (Lipinski definition) is 2. The van der Waals surface area contributed by atoms with Crippen molar-refractivity contribution in [1.82, 2.24) is 4.90 Å². The Hall–Kier alpha value is -0.610. The second-order valence-electron chi connectivity index (χ2n) is 5.94. The number of primary amides is 1. The SMILES string of the molecule is NC(=O)C(N)(CN1CC2CCC1C2)C1CC1. The highest BCUT2D eigenvalue weighted by molar-refractivity contribution is 5.85. The van der Waals surface area contributed by atoms with Crippen LogP contribution in [0.15, 0.2) is 0 Å². The smallest absolute Gasteiger partial charge is 0.239 e. The Morgan fingerprint density at radius 2 is 2.06 bits per heavy atom. The number of piperidine rings is 1. The third-order valence-electron chi connectivity index (χ3n) is 4.75. The van der Waals surface area contributed by atoms with Crippen molar-refractivity contribution >= 4 is 5.91 Å². The molecule has 3 aliphatic rings. The van der Waals surface area contributed by atoms with Gasteiger partial charge in [-0.25, -0.2) is 0 Å². The highest BCUT2D eigenvalue weighted by Crippen LogP contribution is 2.42. The minimum atomic E-state index is -0.759. The molecule has 0 aromatic carbocycles. The second kappa shape index (κ2) is 3.44. The molecule has 0 spiro atoms. The standard InChI is InChI=1S/C12H21N3O/c13-11(16)12(14,9-2-3-9)7-15-6-8-1-4-10(15)5-8/h8-10H,1-7,14H2,(H2,13,16). The lowest BCUT2D eigenvalue weighted by Gasteiger charge is -2.35. The summed E-state index contributed by atoms with van der Waals surface area (Å²) in [6, 6.07) is 0.672. The lowest BCUT2D eigenvalue weighted by molar-refractivity contribution is -0.124. The predicted molar refractivity (Wildman–Crippen MR) is 61.5 cm³/mol. The van der Waals surface area contributed by atoms with Crippen molar-refractivity contribution in [2.45, 2.75) is 43.7 Å². The van der Waals surface area contributed by atoms with Crippen LogP contribution in [0.3, 0.4) is 0 Å². The van der Waals surface area contributed by atoms with Crippen LogP contribution in [0, 0.1) is 11.8 Å². The maximum Gasteiger partial charge on any atom is 0.239 e. The van der Waals surface area contributed by atoms with Gasteiger partial charge in [-0.05, 0) is 43.9 Å². The van der Waals surface area contributed by atoms with E-state index in [2.05, 4.69) is 4.90 Å². The van der Waals surface area contributed by atoms with Crippen LogP contribution in [0.1, 0.15) is 32.1 Å². The Kier molecular flexibility index (Phi) is 2.27. The molecule has 4 nitrogen and oxygen atoms in total. The van der Waals surface area contributed by atoms with E-state index >= 15 is 0 Å². The summed E-state index contributed by atoms with van der Waals surface area (Å²) < 4.78 is 0. The van der Waals surface area contributed by atoms with Gasteiger partial charge in [0.2, 0.25) is 5.91 Å². The molecule has 1 heterocycles. The minimum absolute atomic E-state index is 0.308. The number of hydrogen-bond acceptors (Lipinski definition) is 3. The summed E-state index contributed by atoms with van der Waals surface area (Å²) in [5, 5.41) is 0. The highest BCUT2D eigenvalue weighted by Gasteiger charge is 2.50. The number of nitrogens with two attached hydrogens (primary N) is 2. The number of nitrogens with zero attached hydrogens (tertiary/aromatic N) is 1. The number of carbonyl (C=O) groups excluding carboxylic acids is 1. The monoisotopic (exact) mass is 223 g/mol. The van der Waals surface area contributed by atoms with Gasteiger partial charge in [0.15, 0.2) is 0 Å². The molecule has 2 bridgehead atoms. The molecule has 0 radical (unpaired) electrons. The molecule has 3 fully saturated rings. The van der Waals surface area contributed by atoms with E-state index in [1.54, 1.807) is 0 Å². The first-order valence-corrected chi connectivity index (χ1v) is 6.42. The van der Waals surface area contributed by atoms with Gasteiger partial charge in [0.1, 0.15) is 5.54 Å². The number of carbonyl (C=O) groups is 1. The van der Waals surface area contributed by atoms with Crippen molar-refractivity contribution in [3.63, 3.8) is 0 Å². The number of amides is 1. The maximum atomic E-state index is 11.6. The van der Waals surface area contributed by atoms with E-state index in [0.717, 1.165) is 25.3 Å². The molecule has 0 aromatic heterocycles. The number of likely N-dealkylation sites (tertiary alicyclic amines) is 1. The summed E-state index contributed by atoms with van der Waals surface area (Å²) in [4.78, 5) is 14.0. The van der Waals surface area contributed by atoms with Gasteiger partial charge in [-0.2, -0.15) is 0 Å². The van der Waals surface area contributed by atoms with Crippen molar-refractivity contribution in [3.8, 4) is 0 Å². The molecule has 3 rings (SSSR count). The third kappa shape index (κ3) is 1.55. The van der Waals surface area contributed by atoms with Crippen LogP contribution in [0.4, 0.5) is 0 Å². The van der Waals surface area contributed by atoms with Crippen molar-refractivity contribution in [2.75, 3.05) is 13.1 Å². The zero-order valence-electron chi connectivity index (χ0n) is 9.69. The van der Waals surface area contributed by atoms with E-state index < -0.39 is 5.54 Å². The minimum Gasteiger partial charge on any atom is -0.368 e. The van der Waals surface area contributed by atoms with Crippen LogP contribution in [-0.2, 0) is 4.79 Å². The number of fused-ring (bicyclic) bond motifs is 2. The molecule has 90 valence electrons. The Balaban J connectivity index is 1.70. The fraction of sp³-hybridized carbons (Fsp3) is 0.917. The van der Waals surface area contributed by atoms with Crippen molar-refractivity contribution in [2.24, 2.45) is 23.3 Å². The average molecular weight is 223 g/mol. The lowest BCUT2D eigenvalue weighted by atomic mass is 9.92. The van der Waals surface area contributed by atoms with Gasteiger partial charge in [-0.1, -0.05) is 0 Å². The van der Waals surface area contributed by atoms with Crippen molar-refractivity contribution in [3.05, 3.63) is 0 Å². The fourth-order valence-electron chi connectivity index (χ4n) is 3.56. The zero-order valence-corrected chi connectivity index (χ0v) is 9.69. The van der Waals surface area contributed by atoms with Crippen LogP contribution in [0.2, 0.25) is 0 Å². The van der Waals surface area contributed by atoms with Gasteiger partial charge in [-0.3, -0.25) is 9.69 Å². The Morgan fingerprint density at radius 1 is 1.31 bits per heavy atom. The molecule has 4 N–H and O–H groups in total. The second-order valence-corrected chi connectivity index (χ2v) is 5.94. The van der Waals surface area contributed by atoms with E-state index in [4.69, 9.17) is 11.5 Å². The summed E-state index contributed by atoms with van der Waals surface area (Å²) in [6.45, 7) is 1.82. The molecule has 1 amide bonds. The molecular formula is C12H21N3O. The van der Waals surface area contributed by atoms with Crippen LogP contribution in [0.5, 0.6) is 0 Å². The molecule has 0 aromatic rings. The summed E-state index contributed by atoms with van der Waals surface area (Å²) in [5.74, 6) is 0.878. The molecule has 1 saturated heterocycles. The van der Waals surface area contributed by atoms with Gasteiger partial charge < -0.3 is 11.5 Å². The molecule has 1 aliphatic heterocycles. The fourth-order valence-corrected chi connectivity index (χ4v) is 3.56. The van der Waals surface area contributed by atoms with Crippen LogP contribution in [-0.4, -0.2) is 35.5 Å². The van der Waals surface area contributed by atoms with Crippen molar-refractivity contribution in [1.29, 1.82) is 0 Å². The van der Waals surface area contributed by atoms with E-state index in [9.17, 15) is 4.79 Å². The summed E-state index contributed by atoms with van der Waals surface area (Å²) >= 11 is 0. The first kappa shape index (κ1) is 10.5. The topological polar surface area (TPSA) is 72.3 Å². The van der Waals surface area contributed by atoms with Crippen LogP contribution >= 0.6 is 0 Å². The zero-order chi connectivity index (χ0) is 11.3. The average Bonchev–Trinajstić information content (AvgIpc) is 2.91. The molecule has 4 heteroatoms. The normalized spacial score (nSPS) is 37.6. The Bertz CT molecular complexity index is 315. The maximum absolute atomic E-state index is 11.6. The predicted octanol–water partition coefficient (Wildman–Crippen LogP) is 0.0635. The van der Waals surface area contributed by atoms with E-state index in [0.29, 0.717) is 18.5 Å². The summed E-state index contributed by atoms with van der Waals surface area (Å²) in [5.41, 5.74) is 11.0. The first-order chi connectivity index (χ1) is 7.59. The van der Waals surface area contributed by atoms with Gasteiger partial charge in [0.25, 0.3) is 0 Å². The Labute approximate surface area is 96.3 Å². The summed E-state index contributed by atoms with van der Waals surface area (Å²) in [7, 11) is 0. The van der Waals surface area contributed by atoms with Gasteiger partial charge in [0.05, 0.1) is 0 Å². The van der Waals surface area contributed by atoms with Crippen molar-refractivity contribution < 1.29 is 4.79 Å². The van der Waals surface area contributed by atoms with Gasteiger partial charge in [-0.15, -0.1) is 0 Å². The lowest BCUT2D eigenvalue weighted by Crippen LogP contribution is -2.61. The largest absolute Gasteiger partial charge is 0.368 e. The van der Waals surface area contributed by atoms with E-state index in [1.165, 1.54) is 19.3 Å². The number of rotatable bonds is 4. The molecular weight excluding hydrogens is 202 g/mol. The molecule has 3 unspecified atom stereocenters. The highest BCUT2D eigenvalue weighted by atomic mass is 16.1. The van der Waals surface area contributed by atoms with Crippen LogP contribution < -0.4 is 11.5 Å². The first-order valence-electron chi connectivity index (χ1n) is 6.42. The third-order valence-corrected chi connectivity index (χ3v) is 4.75. The molecule has 2 aliphatic carbocycles. The molecule has 3 atom stereocenters. The summed E-state index contributed by atoms with van der Waals surface area (Å²) in [6.07, 6.45) is 6.09. The van der Waals surface area contributed by atoms with Gasteiger partial charge in [0, 0.05) is 19.1 Å². The van der Waals surface area contributed by atoms with Gasteiger partial charge >= 0.3 is 0 Å². The quantitative estimate of drug-likeness (QED) is 0.708. The molecule has 2 saturated carbocycles. The van der Waals surface area contributed by atoms with E-state index in [-0.39, 0.29) is 5.91 Å².